The number of hydrogen-bond acceptors (Lipinski definition) is 6. The van der Waals surface area contributed by atoms with Crippen molar-refractivity contribution in [2.24, 2.45) is 0 Å². The Labute approximate surface area is 191 Å². The van der Waals surface area contributed by atoms with Gasteiger partial charge in [0.2, 0.25) is 11.8 Å². The van der Waals surface area contributed by atoms with Gasteiger partial charge in [0.15, 0.2) is 11.6 Å². The highest BCUT2D eigenvalue weighted by molar-refractivity contribution is 6.01. The third-order valence-electron chi connectivity index (χ3n) is 6.29. The van der Waals surface area contributed by atoms with Crippen LogP contribution in [0.2, 0.25) is 0 Å². The zero-order chi connectivity index (χ0) is 22.0. The lowest BCUT2D eigenvalue weighted by Gasteiger charge is -2.40. The molecule has 3 heterocycles. The standard InChI is InChI=1S/C21H28F3N5O2.ClH/c22-15-11-14(26-17-1-2-18(30)27-20(17)31)12-16(23)19(15)29-9-7-28(8-10-29)13-21(24)3-5-25-6-4-21;/h11-12,17,25-26H,1-10,13H2,(H,27,30,31);1H. The van der Waals surface area contributed by atoms with Crippen molar-refractivity contribution in [3.8, 4) is 0 Å². The van der Waals surface area contributed by atoms with E-state index in [4.69, 9.17) is 0 Å². The average molecular weight is 476 g/mol. The zero-order valence-electron chi connectivity index (χ0n) is 17.8. The molecule has 7 nitrogen and oxygen atoms in total. The predicted molar refractivity (Wildman–Crippen MR) is 118 cm³/mol. The maximum atomic E-state index is 14.9. The number of nitrogens with one attached hydrogen (secondary N) is 3. The molecule has 0 bridgehead atoms. The summed E-state index contributed by atoms with van der Waals surface area (Å²) in [6.45, 7) is 3.58. The molecule has 3 N–H and O–H groups in total. The molecule has 0 radical (unpaired) electrons. The number of halogens is 4. The van der Waals surface area contributed by atoms with Crippen LogP contribution in [0.4, 0.5) is 24.5 Å². The third-order valence-corrected chi connectivity index (χ3v) is 6.29. The van der Waals surface area contributed by atoms with Gasteiger partial charge in [0, 0.05) is 44.8 Å². The Morgan fingerprint density at radius 3 is 2.28 bits per heavy atom. The molecule has 0 saturated carbocycles. The van der Waals surface area contributed by atoms with Crippen molar-refractivity contribution in [1.82, 2.24) is 15.5 Å². The van der Waals surface area contributed by atoms with Crippen LogP contribution >= 0.6 is 12.4 Å². The number of carbonyl (C=O) groups is 2. The van der Waals surface area contributed by atoms with Crippen LogP contribution in [0.25, 0.3) is 0 Å². The number of hydrogen-bond donors (Lipinski definition) is 3. The Bertz CT molecular complexity index is 822. The van der Waals surface area contributed by atoms with Crippen molar-refractivity contribution in [2.75, 3.05) is 56.0 Å². The first-order valence-corrected chi connectivity index (χ1v) is 10.8. The molecule has 4 rings (SSSR count). The van der Waals surface area contributed by atoms with Crippen molar-refractivity contribution >= 4 is 35.6 Å². The fraction of sp³-hybridized carbons (Fsp3) is 0.619. The zero-order valence-corrected chi connectivity index (χ0v) is 18.6. The highest BCUT2D eigenvalue weighted by Crippen LogP contribution is 2.30. The Morgan fingerprint density at radius 1 is 1.06 bits per heavy atom. The van der Waals surface area contributed by atoms with E-state index < -0.39 is 29.3 Å². The van der Waals surface area contributed by atoms with Gasteiger partial charge in [-0.05, 0) is 44.5 Å². The number of carbonyl (C=O) groups excluding carboxylic acids is 2. The number of benzene rings is 1. The van der Waals surface area contributed by atoms with Gasteiger partial charge in [0.1, 0.15) is 17.4 Å². The minimum Gasteiger partial charge on any atom is -0.373 e. The minimum absolute atomic E-state index is 0. The topological polar surface area (TPSA) is 76.7 Å². The molecule has 3 fully saturated rings. The van der Waals surface area contributed by atoms with Gasteiger partial charge in [-0.25, -0.2) is 13.2 Å². The highest BCUT2D eigenvalue weighted by Gasteiger charge is 2.35. The second kappa shape index (κ2) is 10.3. The number of anilines is 2. The Kier molecular flexibility index (Phi) is 7.89. The van der Waals surface area contributed by atoms with Gasteiger partial charge in [-0.1, -0.05) is 0 Å². The van der Waals surface area contributed by atoms with E-state index in [1.165, 1.54) is 12.1 Å². The van der Waals surface area contributed by atoms with E-state index in [2.05, 4.69) is 16.0 Å². The summed E-state index contributed by atoms with van der Waals surface area (Å²) in [6, 6.07) is 1.62. The molecule has 178 valence electrons. The first-order chi connectivity index (χ1) is 14.8. The number of amides is 2. The largest absolute Gasteiger partial charge is 0.373 e. The van der Waals surface area contributed by atoms with Crippen LogP contribution in [-0.2, 0) is 9.59 Å². The maximum absolute atomic E-state index is 14.9. The number of nitrogens with zero attached hydrogens (tertiary/aromatic N) is 2. The fourth-order valence-electron chi connectivity index (χ4n) is 4.55. The third kappa shape index (κ3) is 5.65. The number of piperidine rings is 2. The second-order valence-electron chi connectivity index (χ2n) is 8.60. The molecule has 0 aliphatic carbocycles. The lowest BCUT2D eigenvalue weighted by atomic mass is 9.93. The van der Waals surface area contributed by atoms with Gasteiger partial charge in [-0.2, -0.15) is 0 Å². The summed E-state index contributed by atoms with van der Waals surface area (Å²) in [6.07, 6.45) is 1.41. The van der Waals surface area contributed by atoms with E-state index >= 15 is 0 Å². The van der Waals surface area contributed by atoms with Crippen LogP contribution in [0, 0.1) is 11.6 Å². The molecule has 3 saturated heterocycles. The summed E-state index contributed by atoms with van der Waals surface area (Å²) in [5, 5.41) is 8.17. The second-order valence-corrected chi connectivity index (χ2v) is 8.60. The SMILES string of the molecule is Cl.O=C1CCC(Nc2cc(F)c(N3CCN(CC4(F)CCNCC4)CC3)c(F)c2)C(=O)N1. The van der Waals surface area contributed by atoms with Gasteiger partial charge in [0.25, 0.3) is 0 Å². The normalized spacial score (nSPS) is 24.0. The molecule has 11 heteroatoms. The molecule has 2 amide bonds. The predicted octanol–water partition coefficient (Wildman–Crippen LogP) is 1.82. The van der Waals surface area contributed by atoms with Gasteiger partial charge in [-0.15, -0.1) is 12.4 Å². The first kappa shape index (κ1) is 24.6. The summed E-state index contributed by atoms with van der Waals surface area (Å²) in [4.78, 5) is 26.8. The summed E-state index contributed by atoms with van der Waals surface area (Å²) in [5.41, 5.74) is -1.16. The van der Waals surface area contributed by atoms with Gasteiger partial charge in [0.05, 0.1) is 0 Å². The smallest absolute Gasteiger partial charge is 0.249 e. The van der Waals surface area contributed by atoms with Crippen LogP contribution < -0.4 is 20.9 Å². The highest BCUT2D eigenvalue weighted by atomic mass is 35.5. The average Bonchev–Trinajstić information content (AvgIpc) is 2.71. The molecule has 0 aromatic heterocycles. The first-order valence-electron chi connectivity index (χ1n) is 10.8. The molecular weight excluding hydrogens is 447 g/mol. The monoisotopic (exact) mass is 475 g/mol. The van der Waals surface area contributed by atoms with Crippen molar-refractivity contribution in [3.63, 3.8) is 0 Å². The lowest BCUT2D eigenvalue weighted by Crippen LogP contribution is -2.53. The van der Waals surface area contributed by atoms with E-state index in [0.717, 1.165) is 0 Å². The molecule has 32 heavy (non-hydrogen) atoms. The quantitative estimate of drug-likeness (QED) is 0.564. The van der Waals surface area contributed by atoms with Crippen LogP contribution in [-0.4, -0.2) is 74.2 Å². The molecule has 3 aliphatic rings. The molecule has 1 aromatic rings. The molecular formula is C21H29ClF3N5O2. The summed E-state index contributed by atoms with van der Waals surface area (Å²) in [7, 11) is 0. The van der Waals surface area contributed by atoms with Crippen molar-refractivity contribution in [1.29, 1.82) is 0 Å². The Hall–Kier alpha value is -2.04. The maximum Gasteiger partial charge on any atom is 0.249 e. The van der Waals surface area contributed by atoms with E-state index in [-0.39, 0.29) is 42.5 Å². The molecule has 1 atom stereocenters. The van der Waals surface area contributed by atoms with Crippen LogP contribution in [0.1, 0.15) is 25.7 Å². The summed E-state index contributed by atoms with van der Waals surface area (Å²) < 4.78 is 44.5. The molecule has 3 aliphatic heterocycles. The van der Waals surface area contributed by atoms with Crippen molar-refractivity contribution in [3.05, 3.63) is 23.8 Å². The molecule has 1 aromatic carbocycles. The number of imide groups is 1. The van der Waals surface area contributed by atoms with Crippen LogP contribution in [0.3, 0.4) is 0 Å². The van der Waals surface area contributed by atoms with Crippen molar-refractivity contribution in [2.45, 2.75) is 37.4 Å². The van der Waals surface area contributed by atoms with Gasteiger partial charge < -0.3 is 15.5 Å². The molecule has 0 spiro atoms. The van der Waals surface area contributed by atoms with E-state index in [0.29, 0.717) is 58.7 Å². The Balaban J connectivity index is 0.00000289. The summed E-state index contributed by atoms with van der Waals surface area (Å²) in [5.74, 6) is -2.29. The summed E-state index contributed by atoms with van der Waals surface area (Å²) >= 11 is 0. The van der Waals surface area contributed by atoms with Crippen LogP contribution in [0.5, 0.6) is 0 Å². The minimum atomic E-state index is -1.20. The lowest BCUT2D eigenvalue weighted by molar-refractivity contribution is -0.133. The number of rotatable bonds is 5. The van der Waals surface area contributed by atoms with E-state index in [1.807, 2.05) is 4.90 Å². The number of piperazine rings is 1. The van der Waals surface area contributed by atoms with E-state index in [9.17, 15) is 22.8 Å². The van der Waals surface area contributed by atoms with Gasteiger partial charge in [-0.3, -0.25) is 19.8 Å². The van der Waals surface area contributed by atoms with Gasteiger partial charge >= 0.3 is 0 Å². The molecule has 1 unspecified atom stereocenters. The Morgan fingerprint density at radius 2 is 1.69 bits per heavy atom. The van der Waals surface area contributed by atoms with Crippen molar-refractivity contribution < 1.29 is 22.8 Å². The number of alkyl halides is 1. The fourth-order valence-corrected chi connectivity index (χ4v) is 4.55. The van der Waals surface area contributed by atoms with Crippen LogP contribution in [0.15, 0.2) is 12.1 Å². The van der Waals surface area contributed by atoms with E-state index in [1.54, 1.807) is 4.90 Å².